The summed E-state index contributed by atoms with van der Waals surface area (Å²) in [5, 5.41) is 2.93. The maximum Gasteiger partial charge on any atom is 0.287 e. The molecule has 0 aromatic carbocycles. The van der Waals surface area contributed by atoms with Crippen LogP contribution in [0.1, 0.15) is 16.3 Å². The number of hydrogen-bond acceptors (Lipinski definition) is 3. The van der Waals surface area contributed by atoms with E-state index in [1.807, 2.05) is 0 Å². The molecular formula is C10H8ClNO3. The second-order valence-electron chi connectivity index (χ2n) is 2.87. The minimum absolute atomic E-state index is 0.271. The van der Waals surface area contributed by atoms with Crippen LogP contribution in [-0.4, -0.2) is 5.91 Å². The normalized spacial score (nSPS) is 10.2. The number of carbonyl (C=O) groups excluding carboxylic acids is 1. The number of hydrogen-bond donors (Lipinski definition) is 1. The van der Waals surface area contributed by atoms with Crippen molar-refractivity contribution in [2.45, 2.75) is 6.54 Å². The number of amides is 1. The van der Waals surface area contributed by atoms with Gasteiger partial charge in [-0.2, -0.15) is 0 Å². The van der Waals surface area contributed by atoms with Gasteiger partial charge in [0.2, 0.25) is 0 Å². The van der Waals surface area contributed by atoms with Gasteiger partial charge in [-0.25, -0.2) is 0 Å². The molecule has 0 spiro atoms. The molecule has 0 bridgehead atoms. The van der Waals surface area contributed by atoms with Crippen LogP contribution in [0, 0.1) is 0 Å². The van der Waals surface area contributed by atoms with Crippen molar-refractivity contribution >= 4 is 17.5 Å². The number of carbonyl (C=O) groups is 1. The maximum absolute atomic E-state index is 11.4. The molecule has 1 N–H and O–H groups in total. The van der Waals surface area contributed by atoms with Crippen molar-refractivity contribution in [2.24, 2.45) is 0 Å². The van der Waals surface area contributed by atoms with Gasteiger partial charge in [0.05, 0.1) is 12.8 Å². The Hall–Kier alpha value is -1.68. The van der Waals surface area contributed by atoms with Crippen molar-refractivity contribution < 1.29 is 13.6 Å². The van der Waals surface area contributed by atoms with Gasteiger partial charge in [0.25, 0.3) is 5.91 Å². The molecule has 78 valence electrons. The van der Waals surface area contributed by atoms with E-state index in [2.05, 4.69) is 5.32 Å². The summed E-state index contributed by atoms with van der Waals surface area (Å²) in [7, 11) is 0. The second kappa shape index (κ2) is 4.23. The van der Waals surface area contributed by atoms with E-state index in [4.69, 9.17) is 20.4 Å². The summed E-state index contributed by atoms with van der Waals surface area (Å²) in [5.74, 6) is 0.583. The number of furan rings is 2. The molecule has 0 radical (unpaired) electrons. The summed E-state index contributed by atoms with van der Waals surface area (Å²) in [4.78, 5) is 11.4. The minimum Gasteiger partial charge on any atom is -0.459 e. The predicted molar refractivity (Wildman–Crippen MR) is 53.6 cm³/mol. The molecule has 0 saturated heterocycles. The van der Waals surface area contributed by atoms with E-state index in [1.165, 1.54) is 6.26 Å². The molecule has 0 aliphatic carbocycles. The summed E-state index contributed by atoms with van der Waals surface area (Å²) in [5.41, 5.74) is 0. The molecule has 1 amide bonds. The summed E-state index contributed by atoms with van der Waals surface area (Å²) in [6, 6.07) is 6.56. The van der Waals surface area contributed by atoms with E-state index in [0.29, 0.717) is 11.0 Å². The highest BCUT2D eigenvalue weighted by atomic mass is 35.5. The number of halogens is 1. The first kappa shape index (κ1) is 9.86. The van der Waals surface area contributed by atoms with Crippen LogP contribution in [0.3, 0.4) is 0 Å². The Morgan fingerprint density at radius 1 is 1.40 bits per heavy atom. The quantitative estimate of drug-likeness (QED) is 0.873. The largest absolute Gasteiger partial charge is 0.459 e. The van der Waals surface area contributed by atoms with Crippen molar-refractivity contribution in [3.05, 3.63) is 47.3 Å². The van der Waals surface area contributed by atoms with Crippen LogP contribution in [-0.2, 0) is 6.54 Å². The summed E-state index contributed by atoms with van der Waals surface area (Å²) < 4.78 is 9.99. The third-order valence-electron chi connectivity index (χ3n) is 1.80. The summed E-state index contributed by atoms with van der Waals surface area (Å²) in [6.07, 6.45) is 1.44. The topological polar surface area (TPSA) is 55.4 Å². The fourth-order valence-corrected chi connectivity index (χ4v) is 1.27. The highest BCUT2D eigenvalue weighted by Crippen LogP contribution is 2.12. The second-order valence-corrected chi connectivity index (χ2v) is 3.24. The highest BCUT2D eigenvalue weighted by Gasteiger charge is 2.08. The van der Waals surface area contributed by atoms with Crippen LogP contribution >= 0.6 is 11.6 Å². The first-order valence-corrected chi connectivity index (χ1v) is 4.69. The van der Waals surface area contributed by atoms with Gasteiger partial charge in [0, 0.05) is 0 Å². The van der Waals surface area contributed by atoms with E-state index in [9.17, 15) is 4.79 Å². The third kappa shape index (κ3) is 2.41. The Morgan fingerprint density at radius 2 is 2.27 bits per heavy atom. The van der Waals surface area contributed by atoms with Crippen LogP contribution in [0.15, 0.2) is 39.4 Å². The van der Waals surface area contributed by atoms with Gasteiger partial charge < -0.3 is 14.2 Å². The van der Waals surface area contributed by atoms with Gasteiger partial charge in [0.15, 0.2) is 11.0 Å². The minimum atomic E-state index is -0.285. The molecule has 0 fully saturated rings. The van der Waals surface area contributed by atoms with Gasteiger partial charge in [-0.15, -0.1) is 0 Å². The van der Waals surface area contributed by atoms with Gasteiger partial charge in [-0.3, -0.25) is 4.79 Å². The molecule has 2 rings (SSSR count). The van der Waals surface area contributed by atoms with Crippen LogP contribution in [0.25, 0.3) is 0 Å². The fraction of sp³-hybridized carbons (Fsp3) is 0.100. The van der Waals surface area contributed by atoms with Gasteiger partial charge in [-0.1, -0.05) is 0 Å². The first-order valence-electron chi connectivity index (χ1n) is 4.31. The van der Waals surface area contributed by atoms with Crippen molar-refractivity contribution in [1.29, 1.82) is 0 Å². The van der Waals surface area contributed by atoms with Crippen LogP contribution in [0.5, 0.6) is 0 Å². The molecule has 2 heterocycles. The lowest BCUT2D eigenvalue weighted by molar-refractivity contribution is 0.0920. The monoisotopic (exact) mass is 225 g/mol. The molecule has 0 unspecified atom stereocenters. The molecule has 2 aromatic rings. The smallest absolute Gasteiger partial charge is 0.287 e. The Labute approximate surface area is 90.8 Å². The Bertz CT molecular complexity index is 447. The zero-order valence-electron chi connectivity index (χ0n) is 7.70. The standard InChI is InChI=1S/C10H8ClNO3/c11-9-4-3-7(15-9)6-12-10(13)8-2-1-5-14-8/h1-5H,6H2,(H,12,13). The van der Waals surface area contributed by atoms with Crippen LogP contribution in [0.2, 0.25) is 5.22 Å². The van der Waals surface area contributed by atoms with Crippen molar-refractivity contribution in [1.82, 2.24) is 5.32 Å². The molecule has 0 aliphatic rings. The Balaban J connectivity index is 1.91. The van der Waals surface area contributed by atoms with Crippen molar-refractivity contribution in [2.75, 3.05) is 0 Å². The summed E-state index contributed by atoms with van der Waals surface area (Å²) >= 11 is 5.58. The van der Waals surface area contributed by atoms with Crippen LogP contribution in [0.4, 0.5) is 0 Å². The Morgan fingerprint density at radius 3 is 2.87 bits per heavy atom. The fourth-order valence-electron chi connectivity index (χ4n) is 1.11. The molecular weight excluding hydrogens is 218 g/mol. The van der Waals surface area contributed by atoms with E-state index in [-0.39, 0.29) is 18.2 Å². The molecule has 2 aromatic heterocycles. The highest BCUT2D eigenvalue weighted by molar-refractivity contribution is 6.28. The lowest BCUT2D eigenvalue weighted by Crippen LogP contribution is -2.21. The Kier molecular flexibility index (Phi) is 2.78. The molecule has 0 saturated carbocycles. The van der Waals surface area contributed by atoms with Gasteiger partial charge >= 0.3 is 0 Å². The maximum atomic E-state index is 11.4. The average Bonchev–Trinajstić information content (AvgIpc) is 2.84. The molecule has 0 atom stereocenters. The van der Waals surface area contributed by atoms with Crippen molar-refractivity contribution in [3.8, 4) is 0 Å². The van der Waals surface area contributed by atoms with E-state index in [1.54, 1.807) is 24.3 Å². The molecule has 5 heteroatoms. The van der Waals surface area contributed by atoms with Crippen molar-refractivity contribution in [3.63, 3.8) is 0 Å². The zero-order chi connectivity index (χ0) is 10.7. The lowest BCUT2D eigenvalue weighted by atomic mass is 10.4. The number of nitrogens with one attached hydrogen (secondary N) is 1. The summed E-state index contributed by atoms with van der Waals surface area (Å²) in [6.45, 7) is 0.284. The van der Waals surface area contributed by atoms with E-state index >= 15 is 0 Å². The lowest BCUT2D eigenvalue weighted by Gasteiger charge is -1.99. The van der Waals surface area contributed by atoms with Gasteiger partial charge in [-0.05, 0) is 35.9 Å². The van der Waals surface area contributed by atoms with E-state index in [0.717, 1.165) is 0 Å². The van der Waals surface area contributed by atoms with Crippen LogP contribution < -0.4 is 5.32 Å². The SMILES string of the molecule is O=C(NCc1ccc(Cl)o1)c1ccco1. The predicted octanol–water partition coefficient (Wildman–Crippen LogP) is 2.46. The zero-order valence-corrected chi connectivity index (χ0v) is 8.45. The number of rotatable bonds is 3. The third-order valence-corrected chi connectivity index (χ3v) is 2.00. The average molecular weight is 226 g/mol. The molecule has 0 aliphatic heterocycles. The molecule has 15 heavy (non-hydrogen) atoms. The first-order chi connectivity index (χ1) is 7.25. The van der Waals surface area contributed by atoms with Gasteiger partial charge in [0.1, 0.15) is 5.76 Å². The molecule has 4 nitrogen and oxygen atoms in total. The van der Waals surface area contributed by atoms with E-state index < -0.39 is 0 Å².